The fourth-order valence-corrected chi connectivity index (χ4v) is 4.36. The van der Waals surface area contributed by atoms with E-state index in [2.05, 4.69) is 22.4 Å². The second kappa shape index (κ2) is 8.28. The number of ketones is 1. The molecule has 4 rings (SSSR count). The molecule has 0 spiro atoms. The molecule has 0 bridgehead atoms. The van der Waals surface area contributed by atoms with Crippen LogP contribution in [0.2, 0.25) is 5.02 Å². The highest BCUT2D eigenvalue weighted by Crippen LogP contribution is 2.30. The SMILES string of the molecule is O=C(c1c[nH]c2ccccc12)[C@H](NCCc1ccc(Cl)cc1)C1CCCC1. The molecule has 27 heavy (non-hydrogen) atoms. The predicted molar refractivity (Wildman–Crippen MR) is 112 cm³/mol. The van der Waals surface area contributed by atoms with Gasteiger partial charge in [0.1, 0.15) is 0 Å². The zero-order chi connectivity index (χ0) is 18.6. The fraction of sp³-hybridized carbons (Fsp3) is 0.348. The maximum atomic E-state index is 13.4. The van der Waals surface area contributed by atoms with Gasteiger partial charge in [0.25, 0.3) is 0 Å². The first-order chi connectivity index (χ1) is 13.2. The summed E-state index contributed by atoms with van der Waals surface area (Å²) in [6, 6.07) is 15.9. The van der Waals surface area contributed by atoms with E-state index < -0.39 is 0 Å². The lowest BCUT2D eigenvalue weighted by atomic mass is 9.90. The third-order valence-corrected chi connectivity index (χ3v) is 5.95. The van der Waals surface area contributed by atoms with Crippen LogP contribution in [0.25, 0.3) is 10.9 Å². The average Bonchev–Trinajstić information content (AvgIpc) is 3.36. The van der Waals surface area contributed by atoms with Gasteiger partial charge in [0.05, 0.1) is 6.04 Å². The van der Waals surface area contributed by atoms with Crippen molar-refractivity contribution in [2.75, 3.05) is 6.54 Å². The number of H-pyrrole nitrogens is 1. The van der Waals surface area contributed by atoms with Gasteiger partial charge in [0.2, 0.25) is 0 Å². The number of para-hydroxylation sites is 1. The maximum absolute atomic E-state index is 13.4. The van der Waals surface area contributed by atoms with Crippen molar-refractivity contribution in [3.8, 4) is 0 Å². The predicted octanol–water partition coefficient (Wildman–Crippen LogP) is 5.40. The topological polar surface area (TPSA) is 44.9 Å². The van der Waals surface area contributed by atoms with Gasteiger partial charge in [-0.05, 0) is 55.5 Å². The Bertz CT molecular complexity index is 910. The molecule has 2 aromatic carbocycles. The molecule has 1 aliphatic carbocycles. The van der Waals surface area contributed by atoms with Gasteiger partial charge in [0, 0.05) is 27.7 Å². The van der Waals surface area contributed by atoms with Gasteiger partial charge in [-0.25, -0.2) is 0 Å². The molecule has 0 radical (unpaired) electrons. The summed E-state index contributed by atoms with van der Waals surface area (Å²) in [5.41, 5.74) is 3.06. The standard InChI is InChI=1S/C23H25ClN2O/c24-18-11-9-16(10-12-18)13-14-25-22(17-5-1-2-6-17)23(27)20-15-26-21-8-4-3-7-19(20)21/h3-4,7-12,15,17,22,25-26H,1-2,5-6,13-14H2/t22-/m1/s1. The molecule has 0 saturated heterocycles. The van der Waals surface area contributed by atoms with Crippen molar-refractivity contribution in [2.45, 2.75) is 38.1 Å². The van der Waals surface area contributed by atoms with E-state index >= 15 is 0 Å². The molecule has 1 aliphatic rings. The lowest BCUT2D eigenvalue weighted by molar-refractivity contribution is 0.0909. The number of rotatable bonds is 7. The number of benzene rings is 2. The van der Waals surface area contributed by atoms with Crippen molar-refractivity contribution >= 4 is 28.3 Å². The number of carbonyl (C=O) groups is 1. The molecule has 1 saturated carbocycles. The summed E-state index contributed by atoms with van der Waals surface area (Å²) in [6.45, 7) is 0.789. The first-order valence-corrected chi connectivity index (χ1v) is 10.2. The summed E-state index contributed by atoms with van der Waals surface area (Å²) in [6.07, 6.45) is 7.47. The van der Waals surface area contributed by atoms with Gasteiger partial charge in [0.15, 0.2) is 5.78 Å². The lowest BCUT2D eigenvalue weighted by Gasteiger charge is -2.23. The molecule has 0 aliphatic heterocycles. The highest BCUT2D eigenvalue weighted by molar-refractivity contribution is 6.30. The minimum Gasteiger partial charge on any atom is -0.360 e. The smallest absolute Gasteiger partial charge is 0.182 e. The third kappa shape index (κ3) is 4.10. The summed E-state index contributed by atoms with van der Waals surface area (Å²) in [5, 5.41) is 5.35. The highest BCUT2D eigenvalue weighted by atomic mass is 35.5. The van der Waals surface area contributed by atoms with E-state index in [0.29, 0.717) is 5.92 Å². The van der Waals surface area contributed by atoms with Gasteiger partial charge < -0.3 is 10.3 Å². The van der Waals surface area contributed by atoms with Crippen molar-refractivity contribution in [3.63, 3.8) is 0 Å². The number of fused-ring (bicyclic) bond motifs is 1. The molecule has 1 aromatic heterocycles. The van der Waals surface area contributed by atoms with Gasteiger partial charge in [-0.3, -0.25) is 4.79 Å². The van der Waals surface area contributed by atoms with E-state index in [1.54, 1.807) is 0 Å². The molecule has 1 heterocycles. The van der Waals surface area contributed by atoms with Crippen molar-refractivity contribution in [3.05, 3.63) is 70.9 Å². The normalized spacial score (nSPS) is 16.0. The van der Waals surface area contributed by atoms with Crippen molar-refractivity contribution in [2.24, 2.45) is 5.92 Å². The van der Waals surface area contributed by atoms with Crippen LogP contribution < -0.4 is 5.32 Å². The van der Waals surface area contributed by atoms with E-state index in [4.69, 9.17) is 11.6 Å². The molecular formula is C23H25ClN2O. The summed E-state index contributed by atoms with van der Waals surface area (Å²) < 4.78 is 0. The van der Waals surface area contributed by atoms with Gasteiger partial charge in [-0.15, -0.1) is 0 Å². The van der Waals surface area contributed by atoms with Crippen LogP contribution in [0.1, 0.15) is 41.6 Å². The lowest BCUT2D eigenvalue weighted by Crippen LogP contribution is -2.43. The van der Waals surface area contributed by atoms with Crippen molar-refractivity contribution in [1.29, 1.82) is 0 Å². The quantitative estimate of drug-likeness (QED) is 0.539. The second-order valence-corrected chi connectivity index (χ2v) is 7.90. The molecule has 140 valence electrons. The van der Waals surface area contributed by atoms with Crippen LogP contribution in [0.15, 0.2) is 54.7 Å². The molecule has 2 N–H and O–H groups in total. The molecule has 0 unspecified atom stereocenters. The first kappa shape index (κ1) is 18.3. The number of Topliss-reactive ketones (excluding diaryl/α,β-unsaturated/α-hetero) is 1. The zero-order valence-electron chi connectivity index (χ0n) is 15.4. The van der Waals surface area contributed by atoms with E-state index in [1.165, 1.54) is 18.4 Å². The Kier molecular flexibility index (Phi) is 5.61. The fourth-order valence-electron chi connectivity index (χ4n) is 4.23. The molecule has 1 fully saturated rings. The Morgan fingerprint density at radius 2 is 1.85 bits per heavy atom. The Labute approximate surface area is 165 Å². The second-order valence-electron chi connectivity index (χ2n) is 7.46. The van der Waals surface area contributed by atoms with Gasteiger partial charge >= 0.3 is 0 Å². The molecule has 0 amide bonds. The minimum absolute atomic E-state index is 0.112. The van der Waals surface area contributed by atoms with E-state index in [0.717, 1.165) is 47.3 Å². The molecular weight excluding hydrogens is 356 g/mol. The monoisotopic (exact) mass is 380 g/mol. The van der Waals surface area contributed by atoms with Crippen LogP contribution in [-0.2, 0) is 6.42 Å². The Balaban J connectivity index is 1.50. The van der Waals surface area contributed by atoms with Gasteiger partial charge in [-0.2, -0.15) is 0 Å². The van der Waals surface area contributed by atoms with Gasteiger partial charge in [-0.1, -0.05) is 54.8 Å². The first-order valence-electron chi connectivity index (χ1n) is 9.80. The zero-order valence-corrected chi connectivity index (χ0v) is 16.1. The summed E-state index contributed by atoms with van der Waals surface area (Å²) in [4.78, 5) is 16.6. The minimum atomic E-state index is -0.112. The van der Waals surface area contributed by atoms with Crippen LogP contribution in [-0.4, -0.2) is 23.4 Å². The highest BCUT2D eigenvalue weighted by Gasteiger charge is 2.31. The number of carbonyl (C=O) groups excluding carboxylic acids is 1. The maximum Gasteiger partial charge on any atom is 0.182 e. The summed E-state index contributed by atoms with van der Waals surface area (Å²) in [7, 11) is 0. The van der Waals surface area contributed by atoms with Crippen molar-refractivity contribution < 1.29 is 4.79 Å². The summed E-state index contributed by atoms with van der Waals surface area (Å²) >= 11 is 5.97. The number of halogens is 1. The largest absolute Gasteiger partial charge is 0.360 e. The van der Waals surface area contributed by atoms with Crippen LogP contribution >= 0.6 is 11.6 Å². The number of hydrogen-bond donors (Lipinski definition) is 2. The molecule has 3 aromatic rings. The number of nitrogens with one attached hydrogen (secondary N) is 2. The Morgan fingerprint density at radius 1 is 1.11 bits per heavy atom. The molecule has 3 nitrogen and oxygen atoms in total. The number of hydrogen-bond acceptors (Lipinski definition) is 2. The molecule has 1 atom stereocenters. The molecule has 4 heteroatoms. The number of aromatic nitrogens is 1. The number of aromatic amines is 1. The van der Waals surface area contributed by atoms with Crippen LogP contribution in [0.5, 0.6) is 0 Å². The van der Waals surface area contributed by atoms with Crippen molar-refractivity contribution in [1.82, 2.24) is 10.3 Å². The van der Waals surface area contributed by atoms with E-state index in [9.17, 15) is 4.79 Å². The van der Waals surface area contributed by atoms with Crippen LogP contribution in [0.4, 0.5) is 0 Å². The average molecular weight is 381 g/mol. The van der Waals surface area contributed by atoms with Crippen LogP contribution in [0, 0.1) is 5.92 Å². The Morgan fingerprint density at radius 3 is 2.63 bits per heavy atom. The van der Waals surface area contributed by atoms with E-state index in [1.807, 2.05) is 42.6 Å². The van der Waals surface area contributed by atoms with Crippen LogP contribution in [0.3, 0.4) is 0 Å². The third-order valence-electron chi connectivity index (χ3n) is 5.70. The Hall–Kier alpha value is -2.10. The van der Waals surface area contributed by atoms with E-state index in [-0.39, 0.29) is 11.8 Å². The summed E-state index contributed by atoms with van der Waals surface area (Å²) in [5.74, 6) is 0.645.